The van der Waals surface area contributed by atoms with Gasteiger partial charge in [0, 0.05) is 22.5 Å². The van der Waals surface area contributed by atoms with E-state index < -0.39 is 17.5 Å². The summed E-state index contributed by atoms with van der Waals surface area (Å²) in [5.41, 5.74) is 6.39. The number of hydrogen-bond donors (Lipinski definition) is 1. The Bertz CT molecular complexity index is 2160. The Morgan fingerprint density at radius 1 is 0.682 bits per heavy atom. The van der Waals surface area contributed by atoms with E-state index in [2.05, 4.69) is 10.3 Å². The van der Waals surface area contributed by atoms with E-state index in [1.807, 2.05) is 77.9 Å². The Hall–Kier alpha value is -5.50. The lowest BCUT2D eigenvalue weighted by atomic mass is 9.91. The van der Waals surface area contributed by atoms with Gasteiger partial charge in [0.25, 0.3) is 5.91 Å². The van der Waals surface area contributed by atoms with Crippen molar-refractivity contribution in [3.05, 3.63) is 134 Å². The number of carbonyl (C=O) groups is 3. The van der Waals surface area contributed by atoms with Gasteiger partial charge < -0.3 is 5.32 Å². The Morgan fingerprint density at radius 3 is 1.93 bits per heavy atom. The minimum atomic E-state index is -0.602. The molecule has 0 spiro atoms. The van der Waals surface area contributed by atoms with E-state index >= 15 is 0 Å². The van der Waals surface area contributed by atoms with Crippen molar-refractivity contribution in [1.82, 2.24) is 19.6 Å². The zero-order chi connectivity index (χ0) is 31.3. The molecular formula is C36H31N5O3. The van der Waals surface area contributed by atoms with E-state index in [9.17, 15) is 14.4 Å². The van der Waals surface area contributed by atoms with Crippen molar-refractivity contribution >= 4 is 39.8 Å². The number of amides is 1. The Kier molecular flexibility index (Phi) is 7.13. The molecule has 3 heterocycles. The molecule has 1 amide bonds. The van der Waals surface area contributed by atoms with Crippen LogP contribution in [0.1, 0.15) is 76.0 Å². The molecule has 0 saturated heterocycles. The highest BCUT2D eigenvalue weighted by Gasteiger charge is 2.33. The van der Waals surface area contributed by atoms with Gasteiger partial charge in [0.15, 0.2) is 17.1 Å². The van der Waals surface area contributed by atoms with Gasteiger partial charge in [-0.15, -0.1) is 5.10 Å². The van der Waals surface area contributed by atoms with Crippen LogP contribution in [-0.2, 0) is 0 Å². The molecule has 0 saturated carbocycles. The van der Waals surface area contributed by atoms with Gasteiger partial charge in [-0.1, -0.05) is 53.6 Å². The monoisotopic (exact) mass is 581 g/mol. The highest BCUT2D eigenvalue weighted by Crippen LogP contribution is 2.30. The van der Waals surface area contributed by atoms with Gasteiger partial charge in [0.1, 0.15) is 11.4 Å². The predicted molar refractivity (Wildman–Crippen MR) is 171 cm³/mol. The van der Waals surface area contributed by atoms with Crippen molar-refractivity contribution in [1.29, 1.82) is 0 Å². The van der Waals surface area contributed by atoms with E-state index in [1.54, 1.807) is 36.4 Å². The van der Waals surface area contributed by atoms with E-state index in [0.29, 0.717) is 33.4 Å². The molecule has 0 fully saturated rings. The number of nitrogens with zero attached hydrogens (tertiary/aromatic N) is 4. The smallest absolute Gasteiger partial charge is 0.275 e. The lowest BCUT2D eigenvalue weighted by Gasteiger charge is -2.17. The lowest BCUT2D eigenvalue weighted by molar-refractivity contribution is 0.0979. The molecule has 0 bridgehead atoms. The number of nitrogens with one attached hydrogen (secondary N) is 1. The summed E-state index contributed by atoms with van der Waals surface area (Å²) in [6.45, 7) is 11.2. The minimum absolute atomic E-state index is 0.0894. The van der Waals surface area contributed by atoms with E-state index in [4.69, 9.17) is 10.1 Å². The van der Waals surface area contributed by atoms with Crippen LogP contribution in [0, 0.1) is 41.5 Å². The van der Waals surface area contributed by atoms with Crippen LogP contribution in [0.4, 0.5) is 5.69 Å². The Labute approximate surface area is 254 Å². The molecule has 44 heavy (non-hydrogen) atoms. The Balaban J connectivity index is 1.76. The van der Waals surface area contributed by atoms with E-state index in [-0.39, 0.29) is 22.6 Å². The molecule has 0 unspecified atom stereocenters. The Morgan fingerprint density at radius 2 is 1.30 bits per heavy atom. The van der Waals surface area contributed by atoms with Crippen molar-refractivity contribution in [2.45, 2.75) is 41.5 Å². The van der Waals surface area contributed by atoms with Crippen LogP contribution in [0.15, 0.2) is 72.8 Å². The number of rotatable bonds is 6. The fourth-order valence-electron chi connectivity index (χ4n) is 5.58. The molecule has 3 aromatic heterocycles. The van der Waals surface area contributed by atoms with Gasteiger partial charge in [0.05, 0.1) is 10.9 Å². The highest BCUT2D eigenvalue weighted by atomic mass is 16.2. The standard InChI is InChI=1S/C36H31N5O3/c1-19-12-14-21(3)26(16-19)32(42)29-30(33(43)27-17-20(2)13-15-22(27)4)39-35-28-23(5)18-24(6)37-34(28)40-41(35)31(29)36(44)38-25-10-8-7-9-11-25/h7-18H,1-6H3,(H,38,44). The fraction of sp³-hybridized carbons (Fsp3) is 0.167. The third-order valence-corrected chi connectivity index (χ3v) is 7.81. The summed E-state index contributed by atoms with van der Waals surface area (Å²) in [5, 5.41) is 8.21. The van der Waals surface area contributed by atoms with Crippen LogP contribution in [0.2, 0.25) is 0 Å². The third-order valence-electron chi connectivity index (χ3n) is 7.81. The summed E-state index contributed by atoms with van der Waals surface area (Å²) < 4.78 is 1.36. The number of aromatic nitrogens is 4. The van der Waals surface area contributed by atoms with Crippen LogP contribution in [0.25, 0.3) is 16.7 Å². The maximum Gasteiger partial charge on any atom is 0.275 e. The first-order chi connectivity index (χ1) is 21.0. The number of benzene rings is 3. The van der Waals surface area contributed by atoms with Gasteiger partial charge in [-0.25, -0.2) is 14.5 Å². The van der Waals surface area contributed by atoms with E-state index in [1.165, 1.54) is 4.52 Å². The quantitative estimate of drug-likeness (QED) is 0.216. The molecule has 0 aliphatic rings. The lowest BCUT2D eigenvalue weighted by Crippen LogP contribution is -2.26. The third kappa shape index (κ3) is 4.94. The summed E-state index contributed by atoms with van der Waals surface area (Å²) in [4.78, 5) is 52.9. The van der Waals surface area contributed by atoms with Crippen molar-refractivity contribution in [3.8, 4) is 0 Å². The van der Waals surface area contributed by atoms with Crippen LogP contribution in [0.3, 0.4) is 0 Å². The van der Waals surface area contributed by atoms with Gasteiger partial charge in [0.2, 0.25) is 5.78 Å². The second-order valence-electron chi connectivity index (χ2n) is 11.3. The molecule has 0 radical (unpaired) electrons. The highest BCUT2D eigenvalue weighted by molar-refractivity contribution is 6.24. The van der Waals surface area contributed by atoms with Crippen molar-refractivity contribution < 1.29 is 14.4 Å². The molecule has 218 valence electrons. The summed E-state index contributed by atoms with van der Waals surface area (Å²) in [5.74, 6) is -1.55. The van der Waals surface area contributed by atoms with Crippen molar-refractivity contribution in [3.63, 3.8) is 0 Å². The molecule has 3 aromatic carbocycles. The van der Waals surface area contributed by atoms with Gasteiger partial charge >= 0.3 is 0 Å². The number of hydrogen-bond acceptors (Lipinski definition) is 6. The molecule has 0 aliphatic heterocycles. The fourth-order valence-corrected chi connectivity index (χ4v) is 5.58. The largest absolute Gasteiger partial charge is 0.321 e. The molecule has 0 atom stereocenters. The normalized spacial score (nSPS) is 11.2. The van der Waals surface area contributed by atoms with Crippen molar-refractivity contribution in [2.24, 2.45) is 0 Å². The summed E-state index contributed by atoms with van der Waals surface area (Å²) in [6.07, 6.45) is 0. The number of pyridine rings is 1. The van der Waals surface area contributed by atoms with Gasteiger partial charge in [-0.2, -0.15) is 0 Å². The second-order valence-corrected chi connectivity index (χ2v) is 11.3. The molecular weight excluding hydrogens is 550 g/mol. The first-order valence-corrected chi connectivity index (χ1v) is 14.3. The topological polar surface area (TPSA) is 106 Å². The number of carbonyl (C=O) groups excluding carboxylic acids is 3. The van der Waals surface area contributed by atoms with Crippen LogP contribution >= 0.6 is 0 Å². The van der Waals surface area contributed by atoms with Crippen LogP contribution in [0.5, 0.6) is 0 Å². The van der Waals surface area contributed by atoms with Gasteiger partial charge in [-0.05, 0) is 88.6 Å². The summed E-state index contributed by atoms with van der Waals surface area (Å²) in [7, 11) is 0. The molecule has 0 aliphatic carbocycles. The number of aryl methyl sites for hydroxylation is 6. The SMILES string of the molecule is Cc1ccc(C)c(C(=O)c2nc3c4c(C)cc(C)nc4nn3c(C(=O)Nc3ccccc3)c2C(=O)c2cc(C)ccc2C)c1. The summed E-state index contributed by atoms with van der Waals surface area (Å²) in [6, 6.07) is 21.9. The minimum Gasteiger partial charge on any atom is -0.321 e. The molecule has 8 heteroatoms. The maximum absolute atomic E-state index is 14.7. The van der Waals surface area contributed by atoms with Crippen molar-refractivity contribution in [2.75, 3.05) is 5.32 Å². The number of ketones is 2. The molecule has 1 N–H and O–H groups in total. The van der Waals surface area contributed by atoms with E-state index in [0.717, 1.165) is 27.9 Å². The zero-order valence-electron chi connectivity index (χ0n) is 25.4. The first-order valence-electron chi connectivity index (χ1n) is 14.3. The molecule has 6 rings (SSSR count). The predicted octanol–water partition coefficient (Wildman–Crippen LogP) is 6.84. The number of anilines is 1. The number of para-hydroxylation sites is 1. The number of fused-ring (bicyclic) bond motifs is 3. The van der Waals surface area contributed by atoms with Crippen LogP contribution in [-0.4, -0.2) is 37.1 Å². The summed E-state index contributed by atoms with van der Waals surface area (Å²) >= 11 is 0. The maximum atomic E-state index is 14.7. The average Bonchev–Trinajstić information content (AvgIpc) is 3.36. The molecule has 6 aromatic rings. The molecule has 8 nitrogen and oxygen atoms in total. The average molecular weight is 582 g/mol. The first kappa shape index (κ1) is 28.6. The zero-order valence-corrected chi connectivity index (χ0v) is 25.4. The second kappa shape index (κ2) is 11.0. The van der Waals surface area contributed by atoms with Crippen LogP contribution < -0.4 is 5.32 Å². The van der Waals surface area contributed by atoms with Gasteiger partial charge in [-0.3, -0.25) is 14.4 Å².